The van der Waals surface area contributed by atoms with Gasteiger partial charge >= 0.3 is 0 Å². The van der Waals surface area contributed by atoms with Gasteiger partial charge in [-0.15, -0.1) is 0 Å². The lowest BCUT2D eigenvalue weighted by Gasteiger charge is -2.13. The van der Waals surface area contributed by atoms with Gasteiger partial charge in [-0.1, -0.05) is 0 Å². The molecule has 10 nitrogen and oxygen atoms in total. The minimum atomic E-state index is -2.30. The highest BCUT2D eigenvalue weighted by Gasteiger charge is 2.36. The summed E-state index contributed by atoms with van der Waals surface area (Å²) in [5.41, 5.74) is -18.3. The number of oxazole rings is 2. The molecule has 46 heavy (non-hydrogen) atoms. The predicted molar refractivity (Wildman–Crippen MR) is 130 cm³/mol. The van der Waals surface area contributed by atoms with Gasteiger partial charge in [0.05, 0.1) is 22.3 Å². The van der Waals surface area contributed by atoms with Crippen LogP contribution < -0.4 is 11.1 Å². The molecule has 2 aromatic heterocycles. The summed E-state index contributed by atoms with van der Waals surface area (Å²) in [4.78, 5) is 7.37. The summed E-state index contributed by atoms with van der Waals surface area (Å²) in [6.07, 6.45) is 0. The predicted octanol–water partition coefficient (Wildman–Crippen LogP) is 4.55. The minimum Gasteiger partial charge on any atom is -0.434 e. The van der Waals surface area contributed by atoms with Crippen LogP contribution in [0.4, 0.5) is 35.1 Å². The average molecular weight is 632 g/mol. The van der Waals surface area contributed by atoms with E-state index in [1.54, 1.807) is 0 Å². The van der Waals surface area contributed by atoms with Crippen molar-refractivity contribution in [2.24, 2.45) is 0 Å². The van der Waals surface area contributed by atoms with Crippen LogP contribution in [0.25, 0.3) is 55.6 Å². The normalized spacial score (nSPS) is 10.5. The van der Waals surface area contributed by atoms with Crippen LogP contribution in [0.15, 0.2) is 8.83 Å². The van der Waals surface area contributed by atoms with E-state index in [0.29, 0.717) is 0 Å². The summed E-state index contributed by atoms with van der Waals surface area (Å²) in [6, 6.07) is 7.05. The molecule has 0 saturated heterocycles. The summed E-state index contributed by atoms with van der Waals surface area (Å²) in [7, 11) is 0. The lowest BCUT2D eigenvalue weighted by atomic mass is 9.93. The van der Waals surface area contributed by atoms with Crippen molar-refractivity contribution in [1.82, 2.24) is 9.97 Å². The second-order valence-corrected chi connectivity index (χ2v) is 8.58. The lowest BCUT2D eigenvalue weighted by Crippen LogP contribution is -2.06. The molecule has 0 spiro atoms. The molecular weight excluding hydrogens is 632 g/mol. The summed E-state index contributed by atoms with van der Waals surface area (Å²) < 4.78 is 132. The molecule has 3 aromatic carbocycles. The minimum absolute atomic E-state index is 0.902. The van der Waals surface area contributed by atoms with Gasteiger partial charge in [-0.05, 0) is 0 Å². The first-order chi connectivity index (χ1) is 21.9. The van der Waals surface area contributed by atoms with E-state index in [1.165, 1.54) is 24.3 Å². The van der Waals surface area contributed by atoms with Gasteiger partial charge in [0, 0.05) is 0 Å². The van der Waals surface area contributed by atoms with Crippen molar-refractivity contribution in [2.75, 3.05) is 0 Å². The molecule has 0 saturated carbocycles. The summed E-state index contributed by atoms with van der Waals surface area (Å²) >= 11 is 0. The molecule has 0 aliphatic rings. The van der Waals surface area contributed by atoms with Crippen LogP contribution in [-0.2, 0) is 0 Å². The Balaban J connectivity index is 2.25. The third-order valence-electron chi connectivity index (χ3n) is 6.31. The Morgan fingerprint density at radius 2 is 0.717 bits per heavy atom. The number of nitrogens with zero attached hydrogens (tertiary/aromatic N) is 8. The molecule has 0 N–H and O–H groups in total. The van der Waals surface area contributed by atoms with Crippen molar-refractivity contribution in [3.8, 4) is 58.7 Å². The van der Waals surface area contributed by atoms with E-state index in [1.807, 2.05) is 0 Å². The van der Waals surface area contributed by atoms with Gasteiger partial charge in [0.15, 0.2) is 68.9 Å². The maximum absolute atomic E-state index is 15.4. The first-order valence-corrected chi connectivity index (χ1v) is 11.6. The smallest absolute Gasteiger partial charge is 0.249 e. The highest BCUT2D eigenvalue weighted by atomic mass is 19.2. The van der Waals surface area contributed by atoms with Crippen molar-refractivity contribution in [3.63, 3.8) is 0 Å². The van der Waals surface area contributed by atoms with Gasteiger partial charge in [0.2, 0.25) is 11.1 Å². The summed E-state index contributed by atoms with van der Waals surface area (Å²) in [5.74, 6) is -18.2. The Bertz CT molecular complexity index is 2320. The van der Waals surface area contributed by atoms with Gasteiger partial charge in [0.1, 0.15) is 58.6 Å². The largest absolute Gasteiger partial charge is 0.434 e. The van der Waals surface area contributed by atoms with Crippen LogP contribution in [0.2, 0.25) is 0 Å². The molecular formula is C28F8N8O2. The highest BCUT2D eigenvalue weighted by Crippen LogP contribution is 2.46. The standard InChI is InChI=1S/C28F8N8O2/c29-15-9(5-41)16(30)20(34)11(19(15)33)13-23-25(45-27(43-23)7(1-37)2-38)14(24-26(13)46-28(44-24)8(3-39)4-40)12-21(35)17(31)10(6-42)18(32)22(12)36. The molecule has 0 bridgehead atoms. The number of hydrogen-bond acceptors (Lipinski definition) is 10. The van der Waals surface area contributed by atoms with Crippen LogP contribution >= 0.6 is 0 Å². The van der Waals surface area contributed by atoms with Crippen LogP contribution in [0.1, 0.15) is 11.1 Å². The van der Waals surface area contributed by atoms with E-state index in [9.17, 15) is 38.6 Å². The number of benzene rings is 3. The van der Waals surface area contributed by atoms with E-state index in [2.05, 4.69) is 9.97 Å². The Labute approximate surface area is 246 Å². The monoisotopic (exact) mass is 632 g/mol. The number of halogens is 8. The quantitative estimate of drug-likeness (QED) is 0.197. The topological polar surface area (TPSA) is 195 Å². The van der Waals surface area contributed by atoms with E-state index in [0.717, 1.165) is 12.1 Å². The number of fused-ring (bicyclic) bond motifs is 2. The zero-order chi connectivity index (χ0) is 33.8. The maximum Gasteiger partial charge on any atom is 0.249 e. The zero-order valence-electron chi connectivity index (χ0n) is 21.4. The van der Waals surface area contributed by atoms with Gasteiger partial charge in [0.25, 0.3) is 0 Å². The average Bonchev–Trinajstić information content (AvgIpc) is 3.67. The van der Waals surface area contributed by atoms with Crippen LogP contribution in [0, 0.1) is 115 Å². The third-order valence-corrected chi connectivity index (χ3v) is 6.31. The summed E-state index contributed by atoms with van der Waals surface area (Å²) in [6.45, 7) is 0. The molecule has 0 fully saturated rings. The maximum atomic E-state index is 15.4. The van der Waals surface area contributed by atoms with E-state index < -0.39 is 124 Å². The lowest BCUT2D eigenvalue weighted by molar-refractivity contribution is 0.454. The van der Waals surface area contributed by atoms with E-state index in [4.69, 9.17) is 19.4 Å². The zero-order valence-corrected chi connectivity index (χ0v) is 21.4. The van der Waals surface area contributed by atoms with E-state index >= 15 is 17.6 Å². The van der Waals surface area contributed by atoms with E-state index in [-0.39, 0.29) is 0 Å². The van der Waals surface area contributed by atoms with Gasteiger partial charge in [-0.3, -0.25) is 0 Å². The summed E-state index contributed by atoms with van der Waals surface area (Å²) in [5, 5.41) is 55.2. The first-order valence-electron chi connectivity index (χ1n) is 11.6. The molecule has 220 valence electrons. The van der Waals surface area contributed by atoms with Crippen molar-refractivity contribution >= 4 is 33.3 Å². The second-order valence-electron chi connectivity index (χ2n) is 8.58. The molecule has 0 radical (unpaired) electrons. The fourth-order valence-electron chi connectivity index (χ4n) is 4.35. The van der Waals surface area contributed by atoms with Crippen LogP contribution in [-0.4, -0.2) is 9.97 Å². The molecule has 0 aliphatic heterocycles. The number of nitriles is 6. The Kier molecular flexibility index (Phi) is 7.07. The molecule has 0 amide bonds. The van der Waals surface area contributed by atoms with Crippen molar-refractivity contribution < 1.29 is 44.0 Å². The number of hydrogen-bond donors (Lipinski definition) is 0. The Morgan fingerprint density at radius 3 is 0.957 bits per heavy atom. The molecule has 0 aliphatic carbocycles. The Hall–Kier alpha value is -7.28. The fourth-order valence-corrected chi connectivity index (χ4v) is 4.35. The highest BCUT2D eigenvalue weighted by molar-refractivity contribution is 6.16. The molecule has 0 atom stereocenters. The van der Waals surface area contributed by atoms with Crippen LogP contribution in [0.3, 0.4) is 0 Å². The van der Waals surface area contributed by atoms with Gasteiger partial charge in [-0.2, -0.15) is 31.6 Å². The molecule has 5 rings (SSSR count). The van der Waals surface area contributed by atoms with Gasteiger partial charge in [-0.25, -0.2) is 45.1 Å². The molecule has 0 unspecified atom stereocenters. The molecule has 18 heteroatoms. The fraction of sp³-hybridized carbons (Fsp3) is 0. The first kappa shape index (κ1) is 30.2. The SMILES string of the molecule is N#CC(C#N)=c1nc2c(-c3c(F)c(F)c(C#N)c(F)c3F)c3oc(=C(C#N)C#N)nc3c(-c3c(F)c(F)c(C#N)c(F)c3F)c2o1. The van der Waals surface area contributed by atoms with Gasteiger partial charge < -0.3 is 8.83 Å². The van der Waals surface area contributed by atoms with Crippen molar-refractivity contribution in [3.05, 3.63) is 68.8 Å². The van der Waals surface area contributed by atoms with Crippen molar-refractivity contribution in [1.29, 1.82) is 31.6 Å². The second kappa shape index (κ2) is 10.8. The molecule has 5 aromatic rings. The number of rotatable bonds is 2. The molecule has 2 heterocycles. The number of aromatic nitrogens is 2. The Morgan fingerprint density at radius 1 is 0.435 bits per heavy atom. The third kappa shape index (κ3) is 3.96. The van der Waals surface area contributed by atoms with Crippen LogP contribution in [0.5, 0.6) is 0 Å². The van der Waals surface area contributed by atoms with Crippen molar-refractivity contribution in [2.45, 2.75) is 0 Å².